The minimum absolute atomic E-state index is 0.336. The molecular weight excluding hydrogens is 242 g/mol. The van der Waals surface area contributed by atoms with E-state index in [-0.39, 0.29) is 5.97 Å². The van der Waals surface area contributed by atoms with Gasteiger partial charge in [-0.25, -0.2) is 4.79 Å². The summed E-state index contributed by atoms with van der Waals surface area (Å²) in [5.41, 5.74) is 2.13. The molecule has 4 heteroatoms. The number of ether oxygens (including phenoxy) is 2. The van der Waals surface area contributed by atoms with E-state index >= 15 is 0 Å². The summed E-state index contributed by atoms with van der Waals surface area (Å²) in [6.45, 7) is 2.12. The maximum Gasteiger partial charge on any atom is 0.338 e. The maximum atomic E-state index is 12.0. The Hall–Kier alpha value is -2.36. The van der Waals surface area contributed by atoms with Crippen LogP contribution in [0.5, 0.6) is 5.75 Å². The third-order valence-electron chi connectivity index (χ3n) is 2.69. The van der Waals surface area contributed by atoms with E-state index in [9.17, 15) is 4.79 Å². The molecule has 0 bridgehead atoms. The normalized spacial score (nSPS) is 10.0. The van der Waals surface area contributed by atoms with Gasteiger partial charge in [-0.1, -0.05) is 6.07 Å². The quantitative estimate of drug-likeness (QED) is 0.790. The van der Waals surface area contributed by atoms with Crippen LogP contribution in [-0.2, 0) is 4.74 Å². The van der Waals surface area contributed by atoms with Gasteiger partial charge in [-0.05, 0) is 36.8 Å². The van der Waals surface area contributed by atoms with E-state index in [1.165, 1.54) is 0 Å². The van der Waals surface area contributed by atoms with Crippen molar-refractivity contribution in [1.29, 1.82) is 0 Å². The van der Waals surface area contributed by atoms with Gasteiger partial charge < -0.3 is 9.47 Å². The van der Waals surface area contributed by atoms with Crippen molar-refractivity contribution in [3.8, 4) is 16.9 Å². The lowest BCUT2D eigenvalue weighted by molar-refractivity contribution is 0.0527. The summed E-state index contributed by atoms with van der Waals surface area (Å²) in [6, 6.07) is 9.06. The number of carbonyl (C=O) groups is 1. The summed E-state index contributed by atoms with van der Waals surface area (Å²) in [7, 11) is 1.56. The topological polar surface area (TPSA) is 48.4 Å². The molecule has 0 unspecified atom stereocenters. The third-order valence-corrected chi connectivity index (χ3v) is 2.69. The molecule has 0 N–H and O–H groups in total. The van der Waals surface area contributed by atoms with Crippen molar-refractivity contribution in [1.82, 2.24) is 4.98 Å². The molecule has 0 spiro atoms. The number of pyridine rings is 1. The fourth-order valence-electron chi connectivity index (χ4n) is 1.80. The Labute approximate surface area is 112 Å². The Balaban J connectivity index is 2.51. The number of rotatable bonds is 4. The maximum absolute atomic E-state index is 12.0. The van der Waals surface area contributed by atoms with Crippen molar-refractivity contribution < 1.29 is 14.3 Å². The van der Waals surface area contributed by atoms with Crippen LogP contribution in [0.1, 0.15) is 17.3 Å². The second kappa shape index (κ2) is 6.00. The first-order chi connectivity index (χ1) is 9.26. The van der Waals surface area contributed by atoms with Crippen LogP contribution in [0.25, 0.3) is 11.1 Å². The van der Waals surface area contributed by atoms with Crippen LogP contribution in [0.4, 0.5) is 0 Å². The first-order valence-electron chi connectivity index (χ1n) is 6.01. The first-order valence-corrected chi connectivity index (χ1v) is 6.01. The number of methoxy groups -OCH3 is 1. The van der Waals surface area contributed by atoms with Crippen LogP contribution < -0.4 is 4.74 Å². The summed E-state index contributed by atoms with van der Waals surface area (Å²) in [5, 5.41) is 0. The molecule has 1 aromatic heterocycles. The predicted molar refractivity (Wildman–Crippen MR) is 72.2 cm³/mol. The summed E-state index contributed by atoms with van der Waals surface area (Å²) in [5.74, 6) is 0.260. The van der Waals surface area contributed by atoms with Gasteiger partial charge in [0.05, 0.1) is 19.3 Å². The molecule has 2 aromatic rings. The van der Waals surface area contributed by atoms with Crippen molar-refractivity contribution >= 4 is 5.97 Å². The molecule has 1 aromatic carbocycles. The van der Waals surface area contributed by atoms with Gasteiger partial charge >= 0.3 is 5.97 Å². The van der Waals surface area contributed by atoms with Crippen LogP contribution >= 0.6 is 0 Å². The predicted octanol–water partition coefficient (Wildman–Crippen LogP) is 2.93. The van der Waals surface area contributed by atoms with Crippen LogP contribution in [0, 0.1) is 0 Å². The van der Waals surface area contributed by atoms with Crippen LogP contribution in [0.3, 0.4) is 0 Å². The van der Waals surface area contributed by atoms with E-state index in [0.29, 0.717) is 17.9 Å². The molecule has 98 valence electrons. The highest BCUT2D eigenvalue weighted by molar-refractivity contribution is 5.97. The Morgan fingerprint density at radius 2 is 2.16 bits per heavy atom. The molecule has 0 atom stereocenters. The number of benzene rings is 1. The highest BCUT2D eigenvalue weighted by Crippen LogP contribution is 2.27. The van der Waals surface area contributed by atoms with E-state index in [1.54, 1.807) is 32.5 Å². The Morgan fingerprint density at radius 3 is 2.79 bits per heavy atom. The van der Waals surface area contributed by atoms with Gasteiger partial charge in [-0.15, -0.1) is 0 Å². The van der Waals surface area contributed by atoms with E-state index in [0.717, 1.165) is 11.1 Å². The summed E-state index contributed by atoms with van der Waals surface area (Å²) >= 11 is 0. The van der Waals surface area contributed by atoms with Crippen molar-refractivity contribution in [2.24, 2.45) is 0 Å². The van der Waals surface area contributed by atoms with Gasteiger partial charge in [0.1, 0.15) is 5.75 Å². The molecule has 1 heterocycles. The smallest absolute Gasteiger partial charge is 0.338 e. The van der Waals surface area contributed by atoms with Gasteiger partial charge in [-0.2, -0.15) is 0 Å². The number of aromatic nitrogens is 1. The van der Waals surface area contributed by atoms with Gasteiger partial charge in [-0.3, -0.25) is 4.98 Å². The number of carbonyl (C=O) groups excluding carboxylic acids is 1. The zero-order valence-electron chi connectivity index (χ0n) is 10.9. The minimum Gasteiger partial charge on any atom is -0.497 e. The van der Waals surface area contributed by atoms with Crippen molar-refractivity contribution in [2.75, 3.05) is 13.7 Å². The van der Waals surface area contributed by atoms with Crippen LogP contribution in [0.2, 0.25) is 0 Å². The van der Waals surface area contributed by atoms with E-state index < -0.39 is 0 Å². The summed E-state index contributed by atoms with van der Waals surface area (Å²) in [6.07, 6.45) is 3.40. The lowest BCUT2D eigenvalue weighted by atomic mass is 10.0. The lowest BCUT2D eigenvalue weighted by Gasteiger charge is -2.10. The fourth-order valence-corrected chi connectivity index (χ4v) is 1.80. The minimum atomic E-state index is -0.361. The van der Waals surface area contributed by atoms with Crippen LogP contribution in [0.15, 0.2) is 42.7 Å². The SMILES string of the molecule is CCOC(=O)c1cc(OC)ccc1-c1cccnc1. The van der Waals surface area contributed by atoms with E-state index in [2.05, 4.69) is 4.98 Å². The average molecular weight is 257 g/mol. The van der Waals surface area contributed by atoms with Crippen molar-refractivity contribution in [3.05, 3.63) is 48.3 Å². The third kappa shape index (κ3) is 2.91. The fraction of sp³-hybridized carbons (Fsp3) is 0.200. The van der Waals surface area contributed by atoms with Gasteiger partial charge in [0.25, 0.3) is 0 Å². The number of esters is 1. The molecule has 19 heavy (non-hydrogen) atoms. The summed E-state index contributed by atoms with van der Waals surface area (Å²) in [4.78, 5) is 16.1. The Kier molecular flexibility index (Phi) is 4.13. The largest absolute Gasteiger partial charge is 0.497 e. The van der Waals surface area contributed by atoms with Crippen molar-refractivity contribution in [2.45, 2.75) is 6.92 Å². The zero-order valence-corrected chi connectivity index (χ0v) is 10.9. The molecule has 0 fully saturated rings. The second-order valence-corrected chi connectivity index (χ2v) is 3.87. The van der Waals surface area contributed by atoms with Crippen molar-refractivity contribution in [3.63, 3.8) is 0 Å². The molecule has 4 nitrogen and oxygen atoms in total. The number of nitrogens with zero attached hydrogens (tertiary/aromatic N) is 1. The molecule has 0 radical (unpaired) electrons. The standard InChI is InChI=1S/C15H15NO3/c1-3-19-15(17)14-9-12(18-2)6-7-13(14)11-5-4-8-16-10-11/h4-10H,3H2,1-2H3. The van der Waals surface area contributed by atoms with Crippen LogP contribution in [-0.4, -0.2) is 24.7 Å². The Bertz CT molecular complexity index is 567. The number of hydrogen-bond acceptors (Lipinski definition) is 4. The lowest BCUT2D eigenvalue weighted by Crippen LogP contribution is -2.07. The molecule has 0 aliphatic carbocycles. The zero-order chi connectivity index (χ0) is 13.7. The average Bonchev–Trinajstić information content (AvgIpc) is 2.47. The van der Waals surface area contributed by atoms with Gasteiger partial charge in [0, 0.05) is 18.0 Å². The van der Waals surface area contributed by atoms with Gasteiger partial charge in [0.15, 0.2) is 0 Å². The molecule has 0 amide bonds. The number of hydrogen-bond donors (Lipinski definition) is 0. The van der Waals surface area contributed by atoms with E-state index in [4.69, 9.17) is 9.47 Å². The molecule has 0 saturated heterocycles. The molecule has 2 rings (SSSR count). The molecular formula is C15H15NO3. The van der Waals surface area contributed by atoms with E-state index in [1.807, 2.05) is 24.3 Å². The molecule has 0 saturated carbocycles. The highest BCUT2D eigenvalue weighted by atomic mass is 16.5. The highest BCUT2D eigenvalue weighted by Gasteiger charge is 2.15. The Morgan fingerprint density at radius 1 is 1.32 bits per heavy atom. The second-order valence-electron chi connectivity index (χ2n) is 3.87. The molecule has 0 aliphatic rings. The first kappa shape index (κ1) is 13.1. The van der Waals surface area contributed by atoms with Gasteiger partial charge in [0.2, 0.25) is 0 Å². The monoisotopic (exact) mass is 257 g/mol. The molecule has 0 aliphatic heterocycles. The summed E-state index contributed by atoms with van der Waals surface area (Å²) < 4.78 is 10.2.